The summed E-state index contributed by atoms with van der Waals surface area (Å²) in [5, 5.41) is 2.93. The lowest BCUT2D eigenvalue weighted by Gasteiger charge is -2.24. The fraction of sp³-hybridized carbons (Fsp3) is 0.286. The molecule has 24 heavy (non-hydrogen) atoms. The van der Waals surface area contributed by atoms with Crippen LogP contribution in [0.4, 0.5) is 10.5 Å². The van der Waals surface area contributed by atoms with Crippen LogP contribution >= 0.6 is 0 Å². The summed E-state index contributed by atoms with van der Waals surface area (Å²) in [6.07, 6.45) is 1.81. The van der Waals surface area contributed by atoms with Crippen molar-refractivity contribution in [1.29, 1.82) is 0 Å². The summed E-state index contributed by atoms with van der Waals surface area (Å²) >= 11 is 0. The third-order valence-corrected chi connectivity index (χ3v) is 4.09. The SMILES string of the molecule is C/C(=C\NC(=O)N(Cc1ccccc1)c1ccccc1)C(C)(C)C. The molecule has 0 atom stereocenters. The number of hydrogen-bond acceptors (Lipinski definition) is 1. The van der Waals surface area contributed by atoms with E-state index in [0.717, 1.165) is 16.8 Å². The van der Waals surface area contributed by atoms with Crippen molar-refractivity contribution >= 4 is 11.7 Å². The van der Waals surface area contributed by atoms with Crippen molar-refractivity contribution in [3.8, 4) is 0 Å². The summed E-state index contributed by atoms with van der Waals surface area (Å²) < 4.78 is 0. The molecule has 0 heterocycles. The molecule has 2 amide bonds. The van der Waals surface area contributed by atoms with E-state index in [0.29, 0.717) is 6.54 Å². The average Bonchev–Trinajstić information content (AvgIpc) is 2.58. The van der Waals surface area contributed by atoms with Gasteiger partial charge in [-0.1, -0.05) is 74.9 Å². The van der Waals surface area contributed by atoms with Crippen molar-refractivity contribution in [2.45, 2.75) is 34.2 Å². The van der Waals surface area contributed by atoms with Crippen LogP contribution in [0.15, 0.2) is 72.4 Å². The highest BCUT2D eigenvalue weighted by Gasteiger charge is 2.17. The number of anilines is 1. The van der Waals surface area contributed by atoms with Crippen LogP contribution in [0.1, 0.15) is 33.3 Å². The van der Waals surface area contributed by atoms with Gasteiger partial charge in [0.1, 0.15) is 0 Å². The Morgan fingerprint density at radius 3 is 2.08 bits per heavy atom. The standard InChI is InChI=1S/C21H26N2O/c1-17(21(2,3)4)15-22-20(24)23(19-13-9-6-10-14-19)16-18-11-7-5-8-12-18/h5-15H,16H2,1-4H3,(H,22,24)/b17-15+. The highest BCUT2D eigenvalue weighted by molar-refractivity contribution is 5.92. The number of hydrogen-bond donors (Lipinski definition) is 1. The van der Waals surface area contributed by atoms with Gasteiger partial charge in [0.05, 0.1) is 6.54 Å². The lowest BCUT2D eigenvalue weighted by Crippen LogP contribution is -2.37. The topological polar surface area (TPSA) is 32.3 Å². The Labute approximate surface area is 145 Å². The van der Waals surface area contributed by atoms with E-state index < -0.39 is 0 Å². The van der Waals surface area contributed by atoms with E-state index in [1.807, 2.05) is 73.8 Å². The predicted octanol–water partition coefficient (Wildman–Crippen LogP) is 5.35. The third kappa shape index (κ3) is 4.98. The number of amides is 2. The fourth-order valence-electron chi connectivity index (χ4n) is 2.12. The first-order chi connectivity index (χ1) is 11.4. The van der Waals surface area contributed by atoms with Crippen molar-refractivity contribution in [2.75, 3.05) is 4.90 Å². The van der Waals surface area contributed by atoms with Gasteiger partial charge in [-0.25, -0.2) is 4.79 Å². The molecule has 0 saturated carbocycles. The van der Waals surface area contributed by atoms with Crippen LogP contribution in [0.25, 0.3) is 0 Å². The zero-order valence-electron chi connectivity index (χ0n) is 14.9. The lowest BCUT2D eigenvalue weighted by atomic mass is 9.88. The van der Waals surface area contributed by atoms with Gasteiger partial charge in [-0.2, -0.15) is 0 Å². The van der Waals surface area contributed by atoms with Crippen molar-refractivity contribution < 1.29 is 4.79 Å². The second-order valence-corrected chi connectivity index (χ2v) is 6.93. The monoisotopic (exact) mass is 322 g/mol. The van der Waals surface area contributed by atoms with Gasteiger partial charge < -0.3 is 5.32 Å². The summed E-state index contributed by atoms with van der Waals surface area (Å²) in [5.74, 6) is 0. The first kappa shape index (κ1) is 17.8. The Kier molecular flexibility index (Phi) is 5.80. The van der Waals surface area contributed by atoms with E-state index in [1.54, 1.807) is 4.90 Å². The van der Waals surface area contributed by atoms with Crippen molar-refractivity contribution in [2.24, 2.45) is 5.41 Å². The molecular formula is C21H26N2O. The van der Waals surface area contributed by atoms with Gasteiger partial charge in [-0.3, -0.25) is 4.90 Å². The van der Waals surface area contributed by atoms with E-state index in [4.69, 9.17) is 0 Å². The van der Waals surface area contributed by atoms with Gasteiger partial charge in [0.2, 0.25) is 0 Å². The minimum absolute atomic E-state index is 0.0320. The highest BCUT2D eigenvalue weighted by atomic mass is 16.2. The van der Waals surface area contributed by atoms with Gasteiger partial charge in [0, 0.05) is 11.9 Å². The van der Waals surface area contributed by atoms with Crippen LogP contribution in [0, 0.1) is 5.41 Å². The largest absolute Gasteiger partial charge is 0.326 e. The molecular weight excluding hydrogens is 296 g/mol. The third-order valence-electron chi connectivity index (χ3n) is 4.09. The maximum atomic E-state index is 12.7. The average molecular weight is 322 g/mol. The number of rotatable bonds is 4. The molecule has 3 nitrogen and oxygen atoms in total. The highest BCUT2D eigenvalue weighted by Crippen LogP contribution is 2.23. The number of urea groups is 1. The molecule has 126 valence electrons. The van der Waals surface area contributed by atoms with Gasteiger partial charge in [-0.15, -0.1) is 0 Å². The molecule has 0 fully saturated rings. The van der Waals surface area contributed by atoms with Gasteiger partial charge in [0.15, 0.2) is 0 Å². The fourth-order valence-corrected chi connectivity index (χ4v) is 2.12. The van der Waals surface area contributed by atoms with E-state index in [9.17, 15) is 4.79 Å². The molecule has 0 unspecified atom stereocenters. The van der Waals surface area contributed by atoms with Crippen LogP contribution in [0.3, 0.4) is 0 Å². The van der Waals surface area contributed by atoms with Crippen LogP contribution < -0.4 is 10.2 Å². The molecule has 0 radical (unpaired) electrons. The van der Waals surface area contributed by atoms with Gasteiger partial charge in [-0.05, 0) is 30.0 Å². The van der Waals surface area contributed by atoms with E-state index in [1.165, 1.54) is 0 Å². The van der Waals surface area contributed by atoms with Crippen LogP contribution in [0.5, 0.6) is 0 Å². The Morgan fingerprint density at radius 1 is 1.00 bits per heavy atom. The quantitative estimate of drug-likeness (QED) is 0.808. The molecule has 0 aromatic heterocycles. The molecule has 0 aliphatic rings. The molecule has 0 saturated heterocycles. The van der Waals surface area contributed by atoms with Crippen LogP contribution in [-0.2, 0) is 6.54 Å². The van der Waals surface area contributed by atoms with E-state index in [2.05, 4.69) is 26.1 Å². The minimum Gasteiger partial charge on any atom is -0.314 e. The molecule has 0 bridgehead atoms. The number of allylic oxidation sites excluding steroid dienone is 1. The smallest absolute Gasteiger partial charge is 0.314 e. The zero-order valence-corrected chi connectivity index (χ0v) is 14.9. The minimum atomic E-state index is -0.131. The summed E-state index contributed by atoms with van der Waals surface area (Å²) in [6, 6.07) is 19.6. The molecule has 3 heteroatoms. The van der Waals surface area contributed by atoms with Crippen molar-refractivity contribution in [3.05, 3.63) is 78.0 Å². The van der Waals surface area contributed by atoms with Gasteiger partial charge in [0.25, 0.3) is 0 Å². The van der Waals surface area contributed by atoms with Crippen LogP contribution in [0.2, 0.25) is 0 Å². The number of carbonyl (C=O) groups is 1. The van der Waals surface area contributed by atoms with Gasteiger partial charge >= 0.3 is 6.03 Å². The molecule has 2 aromatic carbocycles. The molecule has 0 spiro atoms. The lowest BCUT2D eigenvalue weighted by molar-refractivity contribution is 0.249. The van der Waals surface area contributed by atoms with Crippen molar-refractivity contribution in [3.63, 3.8) is 0 Å². The second kappa shape index (κ2) is 7.82. The summed E-state index contributed by atoms with van der Waals surface area (Å²) in [7, 11) is 0. The molecule has 2 rings (SSSR count). The molecule has 0 aliphatic carbocycles. The second-order valence-electron chi connectivity index (χ2n) is 6.93. The predicted molar refractivity (Wildman–Crippen MR) is 101 cm³/mol. The summed E-state index contributed by atoms with van der Waals surface area (Å²) in [6.45, 7) is 8.95. The number of benzene rings is 2. The Morgan fingerprint density at radius 2 is 1.54 bits per heavy atom. The van der Waals surface area contributed by atoms with E-state index >= 15 is 0 Å². The molecule has 1 N–H and O–H groups in total. The Hall–Kier alpha value is -2.55. The van der Waals surface area contributed by atoms with E-state index in [-0.39, 0.29) is 11.4 Å². The summed E-state index contributed by atoms with van der Waals surface area (Å²) in [5.41, 5.74) is 3.13. The van der Waals surface area contributed by atoms with Crippen LogP contribution in [-0.4, -0.2) is 6.03 Å². The van der Waals surface area contributed by atoms with Crippen molar-refractivity contribution in [1.82, 2.24) is 5.32 Å². The molecule has 2 aromatic rings. The first-order valence-electron chi connectivity index (χ1n) is 8.22. The number of para-hydroxylation sites is 1. The maximum absolute atomic E-state index is 12.7. The zero-order chi connectivity index (χ0) is 17.6. The number of carbonyl (C=O) groups excluding carboxylic acids is 1. The maximum Gasteiger partial charge on any atom is 0.326 e. The normalized spacial score (nSPS) is 11.9. The number of nitrogens with one attached hydrogen (secondary N) is 1. The Balaban J connectivity index is 2.21. The number of nitrogens with zero attached hydrogens (tertiary/aromatic N) is 1. The summed E-state index contributed by atoms with van der Waals surface area (Å²) in [4.78, 5) is 14.5. The molecule has 0 aliphatic heterocycles. The Bertz CT molecular complexity index is 685. The first-order valence-corrected chi connectivity index (χ1v) is 8.22.